The first-order valence-corrected chi connectivity index (χ1v) is 6.29. The lowest BCUT2D eigenvalue weighted by molar-refractivity contribution is 0.0255. The van der Waals surface area contributed by atoms with E-state index in [0.717, 1.165) is 12.8 Å². The predicted molar refractivity (Wildman–Crippen MR) is 67.5 cm³/mol. The Hall–Kier alpha value is -0.960. The van der Waals surface area contributed by atoms with Crippen LogP contribution in [0.2, 0.25) is 0 Å². The summed E-state index contributed by atoms with van der Waals surface area (Å²) in [6, 6.07) is 0. The van der Waals surface area contributed by atoms with E-state index in [9.17, 15) is 5.11 Å². The molecule has 0 aliphatic carbocycles. The molecule has 0 aromatic heterocycles. The monoisotopic (exact) mass is 224 g/mol. The zero-order chi connectivity index (χ0) is 11.8. The van der Waals surface area contributed by atoms with E-state index in [2.05, 4.69) is 24.4 Å². The van der Waals surface area contributed by atoms with E-state index in [-0.39, 0.29) is 6.17 Å². The Labute approximate surface area is 98.8 Å². The minimum absolute atomic E-state index is 0.273. The lowest BCUT2D eigenvalue weighted by Gasteiger charge is -2.28. The molecule has 0 saturated carbocycles. The van der Waals surface area contributed by atoms with Crippen LogP contribution in [0.25, 0.3) is 0 Å². The highest BCUT2D eigenvalue weighted by Crippen LogP contribution is 2.14. The molecule has 16 heavy (non-hydrogen) atoms. The number of unbranched alkanes of at least 4 members (excludes halogenated alkanes) is 2. The highest BCUT2D eigenvalue weighted by atomic mass is 16.3. The second-order valence-electron chi connectivity index (χ2n) is 4.24. The second-order valence-corrected chi connectivity index (χ2v) is 4.24. The van der Waals surface area contributed by atoms with Crippen molar-refractivity contribution in [2.75, 3.05) is 0 Å². The van der Waals surface area contributed by atoms with Crippen LogP contribution in [0.15, 0.2) is 24.6 Å². The molecule has 1 aliphatic heterocycles. The maximum absolute atomic E-state index is 9.52. The smallest absolute Gasteiger partial charge is 0.125 e. The van der Waals surface area contributed by atoms with Crippen molar-refractivity contribution in [2.45, 2.75) is 58.3 Å². The van der Waals surface area contributed by atoms with Crippen LogP contribution in [0.4, 0.5) is 0 Å². The lowest BCUT2D eigenvalue weighted by Crippen LogP contribution is -2.40. The van der Waals surface area contributed by atoms with Crippen LogP contribution in [-0.4, -0.2) is 22.4 Å². The number of aliphatic hydroxyl groups is 1. The second kappa shape index (κ2) is 7.34. The number of hydrogen-bond acceptors (Lipinski definition) is 3. The van der Waals surface area contributed by atoms with E-state index in [1.165, 1.54) is 19.3 Å². The number of nitrogens with zero attached hydrogens (tertiary/aromatic N) is 1. The fourth-order valence-corrected chi connectivity index (χ4v) is 1.93. The molecule has 1 rings (SSSR count). The average Bonchev–Trinajstić information content (AvgIpc) is 2.71. The molecule has 1 aliphatic rings. The highest BCUT2D eigenvalue weighted by Gasteiger charge is 2.20. The molecule has 0 saturated heterocycles. The Morgan fingerprint density at radius 3 is 2.94 bits per heavy atom. The van der Waals surface area contributed by atoms with Crippen molar-refractivity contribution in [3.05, 3.63) is 24.6 Å². The van der Waals surface area contributed by atoms with Crippen LogP contribution in [-0.2, 0) is 0 Å². The summed E-state index contributed by atoms with van der Waals surface area (Å²) < 4.78 is 0. The topological polar surface area (TPSA) is 35.5 Å². The van der Waals surface area contributed by atoms with Gasteiger partial charge < -0.3 is 15.3 Å². The Balaban J connectivity index is 2.11. The molecule has 0 aromatic carbocycles. The van der Waals surface area contributed by atoms with Crippen LogP contribution in [0.1, 0.15) is 46.0 Å². The Kier molecular flexibility index (Phi) is 6.01. The van der Waals surface area contributed by atoms with Gasteiger partial charge in [-0.1, -0.05) is 19.1 Å². The largest absolute Gasteiger partial charge is 0.374 e. The van der Waals surface area contributed by atoms with Crippen molar-refractivity contribution in [3.8, 4) is 0 Å². The maximum atomic E-state index is 9.52. The first kappa shape index (κ1) is 13.1. The SMILES string of the molecule is CC/C=C/CCCCC1NC=CN1C(C)O. The third-order valence-corrected chi connectivity index (χ3v) is 2.83. The molecule has 0 amide bonds. The van der Waals surface area contributed by atoms with Gasteiger partial charge in [-0.2, -0.15) is 0 Å². The molecule has 2 unspecified atom stereocenters. The van der Waals surface area contributed by atoms with Gasteiger partial charge in [-0.25, -0.2) is 0 Å². The zero-order valence-electron chi connectivity index (χ0n) is 10.4. The van der Waals surface area contributed by atoms with E-state index >= 15 is 0 Å². The van der Waals surface area contributed by atoms with E-state index in [4.69, 9.17) is 0 Å². The maximum Gasteiger partial charge on any atom is 0.125 e. The Bertz CT molecular complexity index is 236. The summed E-state index contributed by atoms with van der Waals surface area (Å²) in [5.74, 6) is 0. The molecule has 0 aromatic rings. The van der Waals surface area contributed by atoms with Gasteiger partial charge in [-0.3, -0.25) is 0 Å². The Morgan fingerprint density at radius 1 is 1.44 bits per heavy atom. The molecule has 1 heterocycles. The van der Waals surface area contributed by atoms with Gasteiger partial charge in [0.1, 0.15) is 12.4 Å². The zero-order valence-corrected chi connectivity index (χ0v) is 10.4. The molecule has 92 valence electrons. The van der Waals surface area contributed by atoms with Crippen LogP contribution in [0, 0.1) is 0 Å². The summed E-state index contributed by atoms with van der Waals surface area (Å²) in [5, 5.41) is 12.8. The van der Waals surface area contributed by atoms with Gasteiger partial charge in [0.05, 0.1) is 0 Å². The minimum Gasteiger partial charge on any atom is -0.374 e. The third-order valence-electron chi connectivity index (χ3n) is 2.83. The number of rotatable bonds is 7. The number of nitrogens with one attached hydrogen (secondary N) is 1. The van der Waals surface area contributed by atoms with Gasteiger partial charge in [-0.05, 0) is 39.0 Å². The fraction of sp³-hybridized carbons (Fsp3) is 0.692. The standard InChI is InChI=1S/C13H24N2O/c1-3-4-5-6-7-8-9-13-14-10-11-15(13)12(2)16/h4-5,10-14,16H,3,6-9H2,1-2H3/b5-4+. The molecule has 0 fully saturated rings. The summed E-state index contributed by atoms with van der Waals surface area (Å²) in [5.41, 5.74) is 0. The van der Waals surface area contributed by atoms with Crippen LogP contribution < -0.4 is 5.32 Å². The first-order chi connectivity index (χ1) is 7.75. The van der Waals surface area contributed by atoms with Crippen LogP contribution in [0.5, 0.6) is 0 Å². The normalized spacial score (nSPS) is 21.7. The summed E-state index contributed by atoms with van der Waals surface area (Å²) in [7, 11) is 0. The van der Waals surface area contributed by atoms with Gasteiger partial charge in [0, 0.05) is 12.4 Å². The summed E-state index contributed by atoms with van der Waals surface area (Å²) in [6.07, 6.45) is 14.0. The van der Waals surface area contributed by atoms with Crippen LogP contribution >= 0.6 is 0 Å². The van der Waals surface area contributed by atoms with Crippen molar-refractivity contribution in [2.24, 2.45) is 0 Å². The minimum atomic E-state index is -0.406. The van der Waals surface area contributed by atoms with E-state index in [0.29, 0.717) is 0 Å². The Morgan fingerprint density at radius 2 is 2.25 bits per heavy atom. The van der Waals surface area contributed by atoms with Crippen molar-refractivity contribution in [3.63, 3.8) is 0 Å². The molecular formula is C13H24N2O. The first-order valence-electron chi connectivity index (χ1n) is 6.29. The highest BCUT2D eigenvalue weighted by molar-refractivity contribution is 4.94. The number of hydrogen-bond donors (Lipinski definition) is 2. The van der Waals surface area contributed by atoms with Crippen LogP contribution in [0.3, 0.4) is 0 Å². The summed E-state index contributed by atoms with van der Waals surface area (Å²) >= 11 is 0. The van der Waals surface area contributed by atoms with Gasteiger partial charge in [-0.15, -0.1) is 0 Å². The molecule has 0 bridgehead atoms. The van der Waals surface area contributed by atoms with Crippen molar-refractivity contribution < 1.29 is 5.11 Å². The third kappa shape index (κ3) is 4.27. The van der Waals surface area contributed by atoms with Crippen molar-refractivity contribution in [1.82, 2.24) is 10.2 Å². The van der Waals surface area contributed by atoms with Crippen molar-refractivity contribution >= 4 is 0 Å². The average molecular weight is 224 g/mol. The van der Waals surface area contributed by atoms with Gasteiger partial charge >= 0.3 is 0 Å². The molecule has 2 atom stereocenters. The number of aliphatic hydroxyl groups excluding tert-OH is 1. The van der Waals surface area contributed by atoms with E-state index in [1.807, 2.05) is 17.3 Å². The molecule has 0 spiro atoms. The molecular weight excluding hydrogens is 200 g/mol. The predicted octanol–water partition coefficient (Wildman–Crippen LogP) is 2.55. The molecule has 3 nitrogen and oxygen atoms in total. The van der Waals surface area contributed by atoms with Gasteiger partial charge in [0.25, 0.3) is 0 Å². The fourth-order valence-electron chi connectivity index (χ4n) is 1.93. The molecule has 2 N–H and O–H groups in total. The van der Waals surface area contributed by atoms with Gasteiger partial charge in [0.2, 0.25) is 0 Å². The molecule has 3 heteroatoms. The van der Waals surface area contributed by atoms with E-state index in [1.54, 1.807) is 6.92 Å². The van der Waals surface area contributed by atoms with Crippen molar-refractivity contribution in [1.29, 1.82) is 0 Å². The molecule has 0 radical (unpaired) electrons. The number of allylic oxidation sites excluding steroid dienone is 2. The van der Waals surface area contributed by atoms with Gasteiger partial charge in [0.15, 0.2) is 0 Å². The van der Waals surface area contributed by atoms with E-state index < -0.39 is 6.23 Å². The lowest BCUT2D eigenvalue weighted by atomic mass is 10.1. The quantitative estimate of drug-likeness (QED) is 0.515. The summed E-state index contributed by atoms with van der Waals surface area (Å²) in [4.78, 5) is 1.96. The summed E-state index contributed by atoms with van der Waals surface area (Å²) in [6.45, 7) is 3.96.